The number of rotatable bonds is 20. The van der Waals surface area contributed by atoms with Crippen LogP contribution in [0.5, 0.6) is 0 Å². The van der Waals surface area contributed by atoms with Crippen LogP contribution in [0.2, 0.25) is 0 Å². The summed E-state index contributed by atoms with van der Waals surface area (Å²) in [5, 5.41) is 13.7. The molecule has 37 heavy (non-hydrogen) atoms. The summed E-state index contributed by atoms with van der Waals surface area (Å²) in [4.78, 5) is 22.6. The third-order valence-electron chi connectivity index (χ3n) is 6.77. The van der Waals surface area contributed by atoms with Crippen molar-refractivity contribution in [2.75, 3.05) is 5.32 Å². The predicted octanol–water partition coefficient (Wildman–Crippen LogP) is 9.97. The minimum atomic E-state index is -0.402. The maximum absolute atomic E-state index is 12.2. The van der Waals surface area contributed by atoms with Crippen LogP contribution in [0, 0.1) is 10.1 Å². The normalized spacial score (nSPS) is 11.2. The third-order valence-corrected chi connectivity index (χ3v) is 6.77. The maximum atomic E-state index is 12.2. The van der Waals surface area contributed by atoms with Gasteiger partial charge in [0.25, 0.3) is 5.69 Å². The number of anilines is 1. The Labute approximate surface area is 223 Å². The van der Waals surface area contributed by atoms with Crippen molar-refractivity contribution in [1.82, 2.24) is 0 Å². The van der Waals surface area contributed by atoms with Gasteiger partial charge in [0.05, 0.1) is 4.92 Å². The fourth-order valence-corrected chi connectivity index (χ4v) is 4.46. The van der Waals surface area contributed by atoms with Crippen molar-refractivity contribution in [3.05, 3.63) is 69.8 Å². The van der Waals surface area contributed by atoms with Crippen molar-refractivity contribution in [1.29, 1.82) is 0 Å². The van der Waals surface area contributed by atoms with E-state index in [1.807, 2.05) is 36.4 Å². The highest BCUT2D eigenvalue weighted by Crippen LogP contribution is 2.17. The number of nitro benzene ring substituents is 1. The zero-order valence-corrected chi connectivity index (χ0v) is 22.8. The number of nitro groups is 1. The van der Waals surface area contributed by atoms with Gasteiger partial charge in [0.2, 0.25) is 5.91 Å². The van der Waals surface area contributed by atoms with E-state index in [1.165, 1.54) is 95.6 Å². The number of carbonyl (C=O) groups excluding carboxylic acids is 1. The monoisotopic (exact) mass is 506 g/mol. The Balaban J connectivity index is 1.48. The fourth-order valence-electron chi connectivity index (χ4n) is 4.46. The van der Waals surface area contributed by atoms with Crippen LogP contribution >= 0.6 is 0 Å². The summed E-state index contributed by atoms with van der Waals surface area (Å²) < 4.78 is 0. The predicted molar refractivity (Wildman–Crippen MR) is 157 cm³/mol. The molecular weight excluding hydrogens is 460 g/mol. The lowest BCUT2D eigenvalue weighted by Gasteiger charge is -2.06. The molecule has 0 aliphatic carbocycles. The van der Waals surface area contributed by atoms with Crippen LogP contribution in [0.15, 0.2) is 48.5 Å². The van der Waals surface area contributed by atoms with Gasteiger partial charge in [-0.15, -0.1) is 0 Å². The lowest BCUT2D eigenvalue weighted by molar-refractivity contribution is -0.384. The van der Waals surface area contributed by atoms with E-state index in [0.29, 0.717) is 6.42 Å². The Morgan fingerprint density at radius 1 is 0.676 bits per heavy atom. The summed E-state index contributed by atoms with van der Waals surface area (Å²) in [7, 11) is 0. The molecule has 1 N–H and O–H groups in total. The molecule has 0 aliphatic rings. The third kappa shape index (κ3) is 14.4. The second-order valence-corrected chi connectivity index (χ2v) is 10.1. The first-order valence-electron chi connectivity index (χ1n) is 14.4. The molecule has 0 spiro atoms. The minimum absolute atomic E-state index is 0.0730. The van der Waals surface area contributed by atoms with E-state index >= 15 is 0 Å². The van der Waals surface area contributed by atoms with Gasteiger partial charge in [-0.1, -0.05) is 121 Å². The first-order valence-corrected chi connectivity index (χ1v) is 14.4. The SMILES string of the molecule is CCCCCCCCCCCCCCCCCC(=O)Nc1ccc(C=Cc2ccc([N+](=O)[O-])cc2)cc1. The quantitative estimate of drug-likeness (QED) is 0.0840. The van der Waals surface area contributed by atoms with E-state index in [9.17, 15) is 14.9 Å². The van der Waals surface area contributed by atoms with Gasteiger partial charge in [-0.25, -0.2) is 0 Å². The molecule has 0 fully saturated rings. The van der Waals surface area contributed by atoms with Gasteiger partial charge in [-0.3, -0.25) is 14.9 Å². The van der Waals surface area contributed by atoms with Crippen LogP contribution < -0.4 is 5.32 Å². The molecule has 0 aliphatic heterocycles. The van der Waals surface area contributed by atoms with Crippen LogP contribution in [-0.4, -0.2) is 10.8 Å². The van der Waals surface area contributed by atoms with E-state index in [-0.39, 0.29) is 11.6 Å². The van der Waals surface area contributed by atoms with E-state index < -0.39 is 4.92 Å². The molecule has 0 aromatic heterocycles. The Morgan fingerprint density at radius 3 is 1.51 bits per heavy atom. The molecule has 2 aromatic carbocycles. The van der Waals surface area contributed by atoms with E-state index in [4.69, 9.17) is 0 Å². The van der Waals surface area contributed by atoms with Gasteiger partial charge in [0.1, 0.15) is 0 Å². The second-order valence-electron chi connectivity index (χ2n) is 10.1. The molecule has 0 saturated heterocycles. The van der Waals surface area contributed by atoms with Crippen molar-refractivity contribution >= 4 is 29.4 Å². The molecule has 5 heteroatoms. The first kappa shape index (κ1) is 30.3. The maximum Gasteiger partial charge on any atom is 0.269 e. The second kappa shape index (κ2) is 19.2. The Bertz CT molecular complexity index is 920. The number of unbranched alkanes of at least 4 members (excludes halogenated alkanes) is 14. The molecule has 1 amide bonds. The molecule has 5 nitrogen and oxygen atoms in total. The molecule has 2 aromatic rings. The number of nitrogens with one attached hydrogen (secondary N) is 1. The summed E-state index contributed by atoms with van der Waals surface area (Å²) in [6, 6.07) is 14.1. The Hall–Kier alpha value is -2.95. The van der Waals surface area contributed by atoms with Crippen molar-refractivity contribution in [2.45, 2.75) is 110 Å². The average Bonchev–Trinajstić information content (AvgIpc) is 2.90. The topological polar surface area (TPSA) is 72.2 Å². The van der Waals surface area contributed by atoms with Crippen molar-refractivity contribution < 1.29 is 9.72 Å². The van der Waals surface area contributed by atoms with E-state index in [0.717, 1.165) is 29.7 Å². The summed E-state index contributed by atoms with van der Waals surface area (Å²) >= 11 is 0. The number of non-ortho nitro benzene ring substituents is 1. The van der Waals surface area contributed by atoms with Crippen molar-refractivity contribution in [3.63, 3.8) is 0 Å². The van der Waals surface area contributed by atoms with E-state index in [2.05, 4.69) is 12.2 Å². The smallest absolute Gasteiger partial charge is 0.269 e. The Morgan fingerprint density at radius 2 is 1.08 bits per heavy atom. The summed E-state index contributed by atoms with van der Waals surface area (Å²) in [6.07, 6.45) is 24.3. The highest BCUT2D eigenvalue weighted by Gasteiger charge is 2.04. The van der Waals surface area contributed by atoms with Gasteiger partial charge in [-0.05, 0) is 41.8 Å². The van der Waals surface area contributed by atoms with Crippen LogP contribution in [0.3, 0.4) is 0 Å². The van der Waals surface area contributed by atoms with E-state index in [1.54, 1.807) is 12.1 Å². The highest BCUT2D eigenvalue weighted by atomic mass is 16.6. The number of benzene rings is 2. The van der Waals surface area contributed by atoms with Gasteiger partial charge >= 0.3 is 0 Å². The van der Waals surface area contributed by atoms with Crippen molar-refractivity contribution in [2.24, 2.45) is 0 Å². The number of hydrogen-bond acceptors (Lipinski definition) is 3. The Kier molecular flexibility index (Phi) is 15.7. The summed E-state index contributed by atoms with van der Waals surface area (Å²) in [5.74, 6) is 0.0730. The molecule has 0 unspecified atom stereocenters. The molecule has 0 heterocycles. The van der Waals surface area contributed by atoms with Crippen LogP contribution in [-0.2, 0) is 4.79 Å². The lowest BCUT2D eigenvalue weighted by Crippen LogP contribution is -2.10. The summed E-state index contributed by atoms with van der Waals surface area (Å²) in [5.41, 5.74) is 2.78. The molecule has 0 atom stereocenters. The molecule has 0 saturated carbocycles. The zero-order valence-electron chi connectivity index (χ0n) is 22.8. The van der Waals surface area contributed by atoms with Gasteiger partial charge in [-0.2, -0.15) is 0 Å². The number of hydrogen-bond donors (Lipinski definition) is 1. The number of carbonyl (C=O) groups is 1. The molecule has 0 bridgehead atoms. The fraction of sp³-hybridized carbons (Fsp3) is 0.531. The largest absolute Gasteiger partial charge is 0.326 e. The van der Waals surface area contributed by atoms with Crippen LogP contribution in [0.4, 0.5) is 11.4 Å². The van der Waals surface area contributed by atoms with Crippen LogP contribution in [0.25, 0.3) is 12.2 Å². The first-order chi connectivity index (χ1) is 18.1. The molecule has 202 valence electrons. The van der Waals surface area contributed by atoms with Crippen LogP contribution in [0.1, 0.15) is 121 Å². The summed E-state index contributed by atoms with van der Waals surface area (Å²) in [6.45, 7) is 2.27. The minimum Gasteiger partial charge on any atom is -0.326 e. The lowest BCUT2D eigenvalue weighted by atomic mass is 10.0. The highest BCUT2D eigenvalue weighted by molar-refractivity contribution is 5.90. The number of amides is 1. The molecular formula is C32H46N2O3. The van der Waals surface area contributed by atoms with Gasteiger partial charge in [0, 0.05) is 24.2 Å². The molecule has 0 radical (unpaired) electrons. The van der Waals surface area contributed by atoms with Gasteiger partial charge < -0.3 is 5.32 Å². The zero-order chi connectivity index (χ0) is 26.6. The molecule has 2 rings (SSSR count). The number of nitrogens with zero attached hydrogens (tertiary/aromatic N) is 1. The standard InChI is InChI=1S/C32H46N2O3/c1-2-3-4-5-6-7-8-9-10-11-12-13-14-15-16-17-32(35)33-30-24-20-28(21-25-30)18-19-29-22-26-31(27-23-29)34(36)37/h18-27H,2-17H2,1H3,(H,33,35). The average molecular weight is 507 g/mol. The van der Waals surface area contributed by atoms with Crippen molar-refractivity contribution in [3.8, 4) is 0 Å². The van der Waals surface area contributed by atoms with Gasteiger partial charge in [0.15, 0.2) is 0 Å².